The van der Waals surface area contributed by atoms with E-state index >= 15 is 0 Å². The van der Waals surface area contributed by atoms with Crippen LogP contribution in [0, 0.1) is 5.82 Å². The van der Waals surface area contributed by atoms with Crippen molar-refractivity contribution < 1.29 is 9.18 Å². The lowest BCUT2D eigenvalue weighted by molar-refractivity contribution is 0.0929. The fraction of sp³-hybridized carbons (Fsp3) is 0.412. The highest BCUT2D eigenvalue weighted by atomic mass is 19.1. The van der Waals surface area contributed by atoms with Gasteiger partial charge in [-0.1, -0.05) is 18.2 Å². The average molecular weight is 316 g/mol. The van der Waals surface area contributed by atoms with Crippen molar-refractivity contribution >= 4 is 5.91 Å². The van der Waals surface area contributed by atoms with Crippen LogP contribution < -0.4 is 5.32 Å². The monoisotopic (exact) mass is 316 g/mol. The Balaban J connectivity index is 1.75. The molecule has 122 valence electrons. The molecule has 23 heavy (non-hydrogen) atoms. The molecule has 1 aromatic heterocycles. The molecule has 2 heterocycles. The third-order valence-electron chi connectivity index (χ3n) is 4.35. The number of amides is 1. The Morgan fingerprint density at radius 2 is 2.09 bits per heavy atom. The Morgan fingerprint density at radius 1 is 1.35 bits per heavy atom. The number of aryl methyl sites for hydroxylation is 1. The molecule has 1 saturated heterocycles. The number of carbonyl (C=O) groups excluding carboxylic acids is 1. The second kappa shape index (κ2) is 6.91. The van der Waals surface area contributed by atoms with Crippen molar-refractivity contribution in [1.29, 1.82) is 0 Å². The zero-order valence-corrected chi connectivity index (χ0v) is 13.2. The molecule has 5 nitrogen and oxygen atoms in total. The van der Waals surface area contributed by atoms with E-state index in [2.05, 4.69) is 15.2 Å². The third kappa shape index (κ3) is 3.42. The molecule has 0 radical (unpaired) electrons. The van der Waals surface area contributed by atoms with Crippen LogP contribution in [0.5, 0.6) is 0 Å². The minimum Gasteiger partial charge on any atom is -0.349 e. The number of rotatable bonds is 5. The summed E-state index contributed by atoms with van der Waals surface area (Å²) < 4.78 is 15.9. The fourth-order valence-corrected chi connectivity index (χ4v) is 3.09. The molecule has 1 atom stereocenters. The van der Waals surface area contributed by atoms with E-state index in [1.54, 1.807) is 30.1 Å². The van der Waals surface area contributed by atoms with Gasteiger partial charge in [0.05, 0.1) is 18.6 Å². The molecule has 1 aliphatic heterocycles. The summed E-state index contributed by atoms with van der Waals surface area (Å²) in [5, 5.41) is 2.92. The van der Waals surface area contributed by atoms with E-state index in [4.69, 9.17) is 0 Å². The van der Waals surface area contributed by atoms with Crippen LogP contribution >= 0.6 is 0 Å². The number of hydrogen-bond donors (Lipinski definition) is 1. The highest BCUT2D eigenvalue weighted by Crippen LogP contribution is 2.26. The zero-order valence-electron chi connectivity index (χ0n) is 13.2. The lowest BCUT2D eigenvalue weighted by Gasteiger charge is -2.28. The molecule has 2 aromatic rings. The van der Waals surface area contributed by atoms with E-state index in [9.17, 15) is 9.18 Å². The predicted molar refractivity (Wildman–Crippen MR) is 85.5 cm³/mol. The number of imidazole rings is 1. The van der Waals surface area contributed by atoms with E-state index in [1.807, 2.05) is 6.07 Å². The van der Waals surface area contributed by atoms with Gasteiger partial charge in [0.25, 0.3) is 5.91 Å². The van der Waals surface area contributed by atoms with Crippen LogP contribution in [0.4, 0.5) is 4.39 Å². The van der Waals surface area contributed by atoms with Gasteiger partial charge in [-0.25, -0.2) is 9.37 Å². The fourth-order valence-electron chi connectivity index (χ4n) is 3.09. The molecule has 0 spiro atoms. The van der Waals surface area contributed by atoms with Gasteiger partial charge >= 0.3 is 0 Å². The van der Waals surface area contributed by atoms with E-state index in [1.165, 1.54) is 12.3 Å². The second-order valence-electron chi connectivity index (χ2n) is 5.88. The molecule has 0 aliphatic carbocycles. The number of carbonyl (C=O) groups is 1. The maximum atomic E-state index is 14.2. The Kier molecular flexibility index (Phi) is 4.71. The number of likely N-dealkylation sites (tertiary alicyclic amines) is 1. The number of hydrogen-bond acceptors (Lipinski definition) is 3. The standard InChI is InChI=1S/C17H21FN4O/c1-21-12-19-10-16(21)17(23)20-11-15(22-8-4-5-9-22)13-6-2-3-7-14(13)18/h2-3,6-7,10,12,15H,4-5,8-9,11H2,1H3,(H,20,23). The Bertz CT molecular complexity index is 679. The summed E-state index contributed by atoms with van der Waals surface area (Å²) in [6.07, 6.45) is 5.34. The van der Waals surface area contributed by atoms with Gasteiger partial charge in [-0.2, -0.15) is 0 Å². The number of nitrogens with one attached hydrogen (secondary N) is 1. The van der Waals surface area contributed by atoms with Gasteiger partial charge in [-0.15, -0.1) is 0 Å². The van der Waals surface area contributed by atoms with E-state index in [0.717, 1.165) is 25.9 Å². The van der Waals surface area contributed by atoms with Crippen molar-refractivity contribution in [2.24, 2.45) is 7.05 Å². The summed E-state index contributed by atoms with van der Waals surface area (Å²) in [5.74, 6) is -0.412. The second-order valence-corrected chi connectivity index (χ2v) is 5.88. The topological polar surface area (TPSA) is 50.2 Å². The van der Waals surface area contributed by atoms with Gasteiger partial charge in [0, 0.05) is 19.2 Å². The first-order valence-electron chi connectivity index (χ1n) is 7.90. The van der Waals surface area contributed by atoms with Crippen molar-refractivity contribution in [3.63, 3.8) is 0 Å². The molecular formula is C17H21FN4O. The number of benzene rings is 1. The van der Waals surface area contributed by atoms with Crippen molar-refractivity contribution in [1.82, 2.24) is 19.8 Å². The zero-order chi connectivity index (χ0) is 16.2. The van der Waals surface area contributed by atoms with Crippen LogP contribution in [0.15, 0.2) is 36.8 Å². The summed E-state index contributed by atoms with van der Waals surface area (Å²) >= 11 is 0. The summed E-state index contributed by atoms with van der Waals surface area (Å²) in [5.41, 5.74) is 1.14. The molecule has 1 N–H and O–H groups in total. The first-order valence-corrected chi connectivity index (χ1v) is 7.90. The van der Waals surface area contributed by atoms with E-state index in [0.29, 0.717) is 17.8 Å². The first-order chi connectivity index (χ1) is 11.2. The highest BCUT2D eigenvalue weighted by molar-refractivity contribution is 5.92. The van der Waals surface area contributed by atoms with Crippen molar-refractivity contribution in [2.75, 3.05) is 19.6 Å². The van der Waals surface area contributed by atoms with E-state index in [-0.39, 0.29) is 17.8 Å². The summed E-state index contributed by atoms with van der Waals surface area (Å²) in [6, 6.07) is 6.66. The Hall–Kier alpha value is -2.21. The number of nitrogens with zero attached hydrogens (tertiary/aromatic N) is 3. The molecule has 6 heteroatoms. The number of aromatic nitrogens is 2. The van der Waals surface area contributed by atoms with Crippen molar-refractivity contribution in [3.05, 3.63) is 53.9 Å². The quantitative estimate of drug-likeness (QED) is 0.919. The van der Waals surface area contributed by atoms with Crippen LogP contribution in [-0.4, -0.2) is 40.0 Å². The lowest BCUT2D eigenvalue weighted by Crippen LogP contribution is -2.37. The molecule has 1 aliphatic rings. The molecule has 1 aromatic carbocycles. The maximum Gasteiger partial charge on any atom is 0.269 e. The smallest absolute Gasteiger partial charge is 0.269 e. The maximum absolute atomic E-state index is 14.2. The van der Waals surface area contributed by atoms with Crippen LogP contribution in [0.1, 0.15) is 34.9 Å². The molecule has 1 fully saturated rings. The molecular weight excluding hydrogens is 295 g/mol. The molecule has 1 unspecified atom stereocenters. The van der Waals surface area contributed by atoms with Gasteiger partial charge in [0.1, 0.15) is 11.5 Å². The van der Waals surface area contributed by atoms with Crippen LogP contribution in [-0.2, 0) is 7.05 Å². The molecule has 3 rings (SSSR count). The van der Waals surface area contributed by atoms with Crippen LogP contribution in [0.25, 0.3) is 0 Å². The first kappa shape index (κ1) is 15.7. The average Bonchev–Trinajstić information content (AvgIpc) is 3.20. The highest BCUT2D eigenvalue weighted by Gasteiger charge is 2.26. The minimum absolute atomic E-state index is 0.143. The molecule has 0 saturated carbocycles. The SMILES string of the molecule is Cn1cncc1C(=O)NCC(c1ccccc1F)N1CCCC1. The van der Waals surface area contributed by atoms with Crippen LogP contribution in [0.3, 0.4) is 0 Å². The van der Waals surface area contributed by atoms with Gasteiger partial charge in [-0.05, 0) is 32.0 Å². The largest absolute Gasteiger partial charge is 0.349 e. The normalized spacial score (nSPS) is 16.4. The molecule has 1 amide bonds. The number of halogens is 1. The van der Waals surface area contributed by atoms with E-state index < -0.39 is 0 Å². The lowest BCUT2D eigenvalue weighted by atomic mass is 10.0. The summed E-state index contributed by atoms with van der Waals surface area (Å²) in [7, 11) is 1.77. The predicted octanol–water partition coefficient (Wildman–Crippen LogP) is 2.13. The molecule has 0 bridgehead atoms. The van der Waals surface area contributed by atoms with Gasteiger partial charge in [0.15, 0.2) is 0 Å². The van der Waals surface area contributed by atoms with Crippen molar-refractivity contribution in [2.45, 2.75) is 18.9 Å². The van der Waals surface area contributed by atoms with Crippen LogP contribution in [0.2, 0.25) is 0 Å². The third-order valence-corrected chi connectivity index (χ3v) is 4.35. The summed E-state index contributed by atoms with van der Waals surface area (Å²) in [4.78, 5) is 18.5. The summed E-state index contributed by atoms with van der Waals surface area (Å²) in [6.45, 7) is 2.24. The van der Waals surface area contributed by atoms with Gasteiger partial charge < -0.3 is 9.88 Å². The Labute approximate surface area is 135 Å². The Morgan fingerprint density at radius 3 is 2.74 bits per heavy atom. The van der Waals surface area contributed by atoms with Gasteiger partial charge in [-0.3, -0.25) is 9.69 Å². The van der Waals surface area contributed by atoms with Gasteiger partial charge in [0.2, 0.25) is 0 Å². The minimum atomic E-state index is -0.223. The van der Waals surface area contributed by atoms with Crippen molar-refractivity contribution in [3.8, 4) is 0 Å².